The molecule has 0 aliphatic heterocycles. The van der Waals surface area contributed by atoms with E-state index in [1.54, 1.807) is 10.6 Å². The highest BCUT2D eigenvalue weighted by Gasteiger charge is 2.09. The Kier molecular flexibility index (Phi) is 3.69. The second-order valence-corrected chi connectivity index (χ2v) is 6.26. The Morgan fingerprint density at radius 1 is 0.800 bits per heavy atom. The molecule has 0 saturated heterocycles. The van der Waals surface area contributed by atoms with Crippen molar-refractivity contribution in [3.05, 3.63) is 94.5 Å². The van der Waals surface area contributed by atoms with Gasteiger partial charge in [0.25, 0.3) is 5.56 Å². The van der Waals surface area contributed by atoms with Crippen LogP contribution in [0.3, 0.4) is 0 Å². The van der Waals surface area contributed by atoms with Crippen molar-refractivity contribution >= 4 is 10.8 Å². The lowest BCUT2D eigenvalue weighted by Crippen LogP contribution is -2.21. The van der Waals surface area contributed by atoms with Gasteiger partial charge in [0.2, 0.25) is 0 Å². The van der Waals surface area contributed by atoms with Gasteiger partial charge in [0.05, 0.1) is 11.4 Å². The van der Waals surface area contributed by atoms with Gasteiger partial charge in [-0.15, -0.1) is 0 Å². The topological polar surface area (TPSA) is 34.9 Å². The molecular weight excluding hydrogens is 308 g/mol. The summed E-state index contributed by atoms with van der Waals surface area (Å²) in [5.74, 6) is 0.680. The van der Waals surface area contributed by atoms with Crippen molar-refractivity contribution in [1.29, 1.82) is 0 Å². The van der Waals surface area contributed by atoms with Gasteiger partial charge in [-0.2, -0.15) is 0 Å². The van der Waals surface area contributed by atoms with Crippen molar-refractivity contribution in [1.82, 2.24) is 9.55 Å². The molecule has 0 aliphatic rings. The number of benzene rings is 3. The monoisotopic (exact) mass is 326 g/mol. The van der Waals surface area contributed by atoms with Crippen LogP contribution in [0.25, 0.3) is 27.7 Å². The zero-order valence-electron chi connectivity index (χ0n) is 14.2. The summed E-state index contributed by atoms with van der Waals surface area (Å²) in [6.45, 7) is 3.90. The first-order valence-corrected chi connectivity index (χ1v) is 8.29. The maximum absolute atomic E-state index is 12.7. The number of fused-ring (bicyclic) bond motifs is 1. The summed E-state index contributed by atoms with van der Waals surface area (Å²) in [5, 5.41) is 2.32. The average molecular weight is 326 g/mol. The lowest BCUT2D eigenvalue weighted by molar-refractivity contribution is 0.873. The number of aryl methyl sites for hydroxylation is 2. The fraction of sp³-hybridized carbons (Fsp3) is 0.0909. The molecule has 0 bridgehead atoms. The van der Waals surface area contributed by atoms with Gasteiger partial charge in [-0.25, -0.2) is 4.98 Å². The van der Waals surface area contributed by atoms with Crippen LogP contribution < -0.4 is 5.56 Å². The fourth-order valence-electron chi connectivity index (χ4n) is 3.10. The Morgan fingerprint density at radius 3 is 2.24 bits per heavy atom. The summed E-state index contributed by atoms with van der Waals surface area (Å²) in [5.41, 5.74) is 3.59. The minimum atomic E-state index is -0.0699. The summed E-state index contributed by atoms with van der Waals surface area (Å²) in [6.07, 6.45) is 0. The smallest absolute Gasteiger partial charge is 0.258 e. The Hall–Kier alpha value is -3.20. The molecule has 0 fully saturated rings. The van der Waals surface area contributed by atoms with Gasteiger partial charge in [-0.1, -0.05) is 54.1 Å². The molecule has 122 valence electrons. The Balaban J connectivity index is 1.84. The van der Waals surface area contributed by atoms with E-state index in [1.807, 2.05) is 56.3 Å². The highest BCUT2D eigenvalue weighted by atomic mass is 16.1. The summed E-state index contributed by atoms with van der Waals surface area (Å²) in [6, 6.07) is 23.8. The summed E-state index contributed by atoms with van der Waals surface area (Å²) >= 11 is 0. The molecule has 1 aromatic heterocycles. The third-order valence-corrected chi connectivity index (χ3v) is 4.42. The molecule has 0 radical (unpaired) electrons. The van der Waals surface area contributed by atoms with E-state index < -0.39 is 0 Å². The van der Waals surface area contributed by atoms with Gasteiger partial charge >= 0.3 is 0 Å². The van der Waals surface area contributed by atoms with E-state index in [0.29, 0.717) is 11.5 Å². The highest BCUT2D eigenvalue weighted by Crippen LogP contribution is 2.23. The molecule has 4 rings (SSSR count). The van der Waals surface area contributed by atoms with Gasteiger partial charge in [-0.3, -0.25) is 9.36 Å². The van der Waals surface area contributed by atoms with Gasteiger partial charge in [0.15, 0.2) is 0 Å². The van der Waals surface area contributed by atoms with Crippen LogP contribution in [0.2, 0.25) is 0 Å². The minimum Gasteiger partial charge on any atom is -0.269 e. The van der Waals surface area contributed by atoms with E-state index in [-0.39, 0.29) is 5.56 Å². The molecule has 0 saturated carbocycles. The van der Waals surface area contributed by atoms with E-state index in [1.165, 1.54) is 5.39 Å². The van der Waals surface area contributed by atoms with Crippen LogP contribution in [0.4, 0.5) is 0 Å². The predicted octanol–water partition coefficient (Wildman–Crippen LogP) is 4.67. The maximum Gasteiger partial charge on any atom is 0.258 e. The Labute approximate surface area is 146 Å². The van der Waals surface area contributed by atoms with E-state index in [2.05, 4.69) is 29.2 Å². The SMILES string of the molecule is Cc1ccc(-n2c(C)nc(-c3ccc4ccccc4c3)cc2=O)cc1. The molecule has 3 nitrogen and oxygen atoms in total. The van der Waals surface area contributed by atoms with Gasteiger partial charge < -0.3 is 0 Å². The standard InChI is InChI=1S/C22H18N2O/c1-15-7-11-20(12-8-15)24-16(2)23-21(14-22(24)25)19-10-9-17-5-3-4-6-18(17)13-19/h3-14H,1-2H3. The van der Waals surface area contributed by atoms with Crippen LogP contribution in [0.1, 0.15) is 11.4 Å². The van der Waals surface area contributed by atoms with Crippen molar-refractivity contribution in [3.8, 4) is 16.9 Å². The van der Waals surface area contributed by atoms with Crippen molar-refractivity contribution in [2.75, 3.05) is 0 Å². The number of rotatable bonds is 2. The number of hydrogen-bond acceptors (Lipinski definition) is 2. The summed E-state index contributed by atoms with van der Waals surface area (Å²) < 4.78 is 1.64. The Bertz CT molecular complexity index is 1120. The first-order valence-electron chi connectivity index (χ1n) is 8.29. The third-order valence-electron chi connectivity index (χ3n) is 4.42. The molecule has 4 aromatic rings. The second kappa shape index (κ2) is 6.02. The van der Waals surface area contributed by atoms with Crippen molar-refractivity contribution in [2.24, 2.45) is 0 Å². The predicted molar refractivity (Wildman–Crippen MR) is 102 cm³/mol. The van der Waals surface area contributed by atoms with Gasteiger partial charge in [-0.05, 0) is 42.8 Å². The zero-order valence-corrected chi connectivity index (χ0v) is 14.2. The van der Waals surface area contributed by atoms with E-state index >= 15 is 0 Å². The highest BCUT2D eigenvalue weighted by molar-refractivity contribution is 5.86. The van der Waals surface area contributed by atoms with Gasteiger partial charge in [0.1, 0.15) is 5.82 Å². The molecule has 3 aromatic carbocycles. The first-order chi connectivity index (χ1) is 12.1. The van der Waals surface area contributed by atoms with Crippen LogP contribution in [0, 0.1) is 13.8 Å². The molecule has 0 amide bonds. The molecule has 0 atom stereocenters. The molecule has 0 N–H and O–H groups in total. The molecule has 25 heavy (non-hydrogen) atoms. The fourth-order valence-corrected chi connectivity index (χ4v) is 3.10. The van der Waals surface area contributed by atoms with Crippen LogP contribution in [0.15, 0.2) is 77.6 Å². The molecule has 3 heteroatoms. The minimum absolute atomic E-state index is 0.0699. The van der Waals surface area contributed by atoms with E-state index in [9.17, 15) is 4.79 Å². The van der Waals surface area contributed by atoms with E-state index in [0.717, 1.165) is 22.2 Å². The summed E-state index contributed by atoms with van der Waals surface area (Å²) in [7, 11) is 0. The molecule has 0 unspecified atom stereocenters. The van der Waals surface area contributed by atoms with Crippen LogP contribution >= 0.6 is 0 Å². The van der Waals surface area contributed by atoms with Gasteiger partial charge in [0, 0.05) is 11.6 Å². The molecule has 1 heterocycles. The normalized spacial score (nSPS) is 11.0. The van der Waals surface area contributed by atoms with Crippen LogP contribution in [-0.4, -0.2) is 9.55 Å². The van der Waals surface area contributed by atoms with Crippen LogP contribution in [0.5, 0.6) is 0 Å². The number of hydrogen-bond donors (Lipinski definition) is 0. The average Bonchev–Trinajstić information content (AvgIpc) is 2.62. The number of aromatic nitrogens is 2. The third kappa shape index (κ3) is 2.85. The summed E-state index contributed by atoms with van der Waals surface area (Å²) in [4.78, 5) is 17.4. The first kappa shape index (κ1) is 15.3. The molecular formula is C22H18N2O. The zero-order chi connectivity index (χ0) is 17.4. The van der Waals surface area contributed by atoms with E-state index in [4.69, 9.17) is 0 Å². The molecule has 0 aliphatic carbocycles. The second-order valence-electron chi connectivity index (χ2n) is 6.26. The van der Waals surface area contributed by atoms with Crippen molar-refractivity contribution in [2.45, 2.75) is 13.8 Å². The number of nitrogens with zero attached hydrogens (tertiary/aromatic N) is 2. The quantitative estimate of drug-likeness (QED) is 0.536. The van der Waals surface area contributed by atoms with Crippen LogP contribution in [-0.2, 0) is 0 Å². The lowest BCUT2D eigenvalue weighted by atomic mass is 10.0. The Morgan fingerprint density at radius 2 is 1.52 bits per heavy atom. The molecule has 0 spiro atoms. The van der Waals surface area contributed by atoms with Crippen molar-refractivity contribution < 1.29 is 0 Å². The lowest BCUT2D eigenvalue weighted by Gasteiger charge is -2.11. The maximum atomic E-state index is 12.7. The van der Waals surface area contributed by atoms with Crippen molar-refractivity contribution in [3.63, 3.8) is 0 Å². The largest absolute Gasteiger partial charge is 0.269 e.